The maximum Gasteiger partial charge on any atom is 0.257 e. The molecule has 0 aliphatic carbocycles. The summed E-state index contributed by atoms with van der Waals surface area (Å²) in [7, 11) is 0. The topological polar surface area (TPSA) is 49.4 Å². The van der Waals surface area contributed by atoms with Crippen molar-refractivity contribution in [3.8, 4) is 0 Å². The van der Waals surface area contributed by atoms with E-state index < -0.39 is 0 Å². The summed E-state index contributed by atoms with van der Waals surface area (Å²) in [6, 6.07) is 22.7. The fourth-order valence-electron chi connectivity index (χ4n) is 3.77. The van der Waals surface area contributed by atoms with Gasteiger partial charge in [-0.3, -0.25) is 14.5 Å². The minimum absolute atomic E-state index is 0.101. The lowest BCUT2D eigenvalue weighted by Crippen LogP contribution is -2.28. The van der Waals surface area contributed by atoms with Crippen LogP contribution in [0.2, 0.25) is 5.02 Å². The number of nitrogens with one attached hydrogen (secondary N) is 1. The monoisotopic (exact) mass is 450 g/mol. The van der Waals surface area contributed by atoms with Gasteiger partial charge in [0.05, 0.1) is 16.3 Å². The molecule has 2 amide bonds. The van der Waals surface area contributed by atoms with Crippen LogP contribution in [0.1, 0.15) is 40.2 Å². The first-order chi connectivity index (χ1) is 15.1. The maximum absolute atomic E-state index is 12.8. The van der Waals surface area contributed by atoms with Crippen LogP contribution in [-0.2, 0) is 11.2 Å². The number of hydrogen-bond donors (Lipinski definition) is 1. The first kappa shape index (κ1) is 21.5. The zero-order valence-electron chi connectivity index (χ0n) is 17.2. The van der Waals surface area contributed by atoms with Crippen LogP contribution in [0.15, 0.2) is 72.8 Å². The average molecular weight is 451 g/mol. The molecule has 0 saturated carbocycles. The SMILES string of the molecule is CCCc1ccccc1N1C(=O)CSC1c1cccc(NC(=O)c2ccccc2Cl)c1. The minimum atomic E-state index is -0.261. The van der Waals surface area contributed by atoms with E-state index in [9.17, 15) is 9.59 Å². The van der Waals surface area contributed by atoms with E-state index in [4.69, 9.17) is 11.6 Å². The molecule has 0 spiro atoms. The summed E-state index contributed by atoms with van der Waals surface area (Å²) >= 11 is 7.76. The second-order valence-corrected chi connectivity index (χ2v) is 8.84. The van der Waals surface area contributed by atoms with Gasteiger partial charge < -0.3 is 5.32 Å². The third-order valence-electron chi connectivity index (χ3n) is 5.19. The highest BCUT2D eigenvalue weighted by atomic mass is 35.5. The smallest absolute Gasteiger partial charge is 0.257 e. The van der Waals surface area contributed by atoms with E-state index in [1.54, 1.807) is 36.0 Å². The lowest BCUT2D eigenvalue weighted by Gasteiger charge is -2.27. The zero-order chi connectivity index (χ0) is 21.8. The molecule has 0 radical (unpaired) electrons. The lowest BCUT2D eigenvalue weighted by molar-refractivity contribution is -0.115. The van der Waals surface area contributed by atoms with E-state index in [0.29, 0.717) is 22.0 Å². The molecule has 3 aromatic rings. The normalized spacial score (nSPS) is 15.9. The van der Waals surface area contributed by atoms with Gasteiger partial charge >= 0.3 is 0 Å². The van der Waals surface area contributed by atoms with E-state index in [1.807, 2.05) is 47.4 Å². The number of halogens is 1. The van der Waals surface area contributed by atoms with Gasteiger partial charge in [0.2, 0.25) is 5.91 Å². The number of carbonyl (C=O) groups is 2. The number of hydrogen-bond acceptors (Lipinski definition) is 3. The molecule has 31 heavy (non-hydrogen) atoms. The Morgan fingerprint density at radius 2 is 1.87 bits per heavy atom. The molecule has 1 N–H and O–H groups in total. The Kier molecular flexibility index (Phi) is 6.64. The molecule has 4 rings (SSSR count). The first-order valence-corrected chi connectivity index (χ1v) is 11.7. The van der Waals surface area contributed by atoms with E-state index in [1.165, 1.54) is 5.56 Å². The molecule has 1 saturated heterocycles. The van der Waals surface area contributed by atoms with Gasteiger partial charge in [0.1, 0.15) is 5.37 Å². The summed E-state index contributed by atoms with van der Waals surface area (Å²) in [5.74, 6) is 0.272. The van der Waals surface area contributed by atoms with Crippen LogP contribution in [0.4, 0.5) is 11.4 Å². The van der Waals surface area contributed by atoms with Gasteiger partial charge in [0.15, 0.2) is 0 Å². The molecule has 1 heterocycles. The van der Waals surface area contributed by atoms with Gasteiger partial charge in [-0.1, -0.05) is 67.4 Å². The molecular formula is C25H23ClN2O2S. The second kappa shape index (κ2) is 9.58. The number of para-hydroxylation sites is 1. The minimum Gasteiger partial charge on any atom is -0.322 e. The lowest BCUT2D eigenvalue weighted by atomic mass is 10.1. The van der Waals surface area contributed by atoms with Crippen molar-refractivity contribution in [3.05, 3.63) is 94.5 Å². The van der Waals surface area contributed by atoms with Crippen molar-refractivity contribution < 1.29 is 9.59 Å². The number of rotatable bonds is 6. The Morgan fingerprint density at radius 3 is 2.68 bits per heavy atom. The van der Waals surface area contributed by atoms with Crippen molar-refractivity contribution in [2.24, 2.45) is 0 Å². The number of benzene rings is 3. The molecule has 3 aromatic carbocycles. The summed E-state index contributed by atoms with van der Waals surface area (Å²) in [6.07, 6.45) is 1.94. The largest absolute Gasteiger partial charge is 0.322 e. The van der Waals surface area contributed by atoms with Crippen LogP contribution in [0.3, 0.4) is 0 Å². The van der Waals surface area contributed by atoms with Crippen molar-refractivity contribution in [1.82, 2.24) is 0 Å². The van der Waals surface area contributed by atoms with Crippen molar-refractivity contribution in [1.29, 1.82) is 0 Å². The molecular weight excluding hydrogens is 428 g/mol. The fourth-order valence-corrected chi connectivity index (χ4v) is 5.15. The van der Waals surface area contributed by atoms with Crippen LogP contribution < -0.4 is 10.2 Å². The fraction of sp³-hybridized carbons (Fsp3) is 0.200. The number of amides is 2. The molecule has 1 atom stereocenters. The van der Waals surface area contributed by atoms with Crippen LogP contribution in [0, 0.1) is 0 Å². The summed E-state index contributed by atoms with van der Waals surface area (Å²) in [5, 5.41) is 3.20. The molecule has 158 valence electrons. The molecule has 1 aliphatic heterocycles. The molecule has 0 aromatic heterocycles. The molecule has 1 fully saturated rings. The van der Waals surface area contributed by atoms with E-state index in [0.717, 1.165) is 24.1 Å². The Morgan fingerprint density at radius 1 is 1.10 bits per heavy atom. The summed E-state index contributed by atoms with van der Waals surface area (Å²) < 4.78 is 0. The van der Waals surface area contributed by atoms with E-state index in [-0.39, 0.29) is 17.2 Å². The first-order valence-electron chi connectivity index (χ1n) is 10.3. The van der Waals surface area contributed by atoms with Crippen molar-refractivity contribution >= 4 is 46.6 Å². The number of thioether (sulfide) groups is 1. The summed E-state index contributed by atoms with van der Waals surface area (Å²) in [5.41, 5.74) is 4.21. The molecule has 1 unspecified atom stereocenters. The second-order valence-electron chi connectivity index (χ2n) is 7.37. The van der Waals surface area contributed by atoms with Gasteiger partial charge in [-0.2, -0.15) is 0 Å². The van der Waals surface area contributed by atoms with Gasteiger partial charge in [-0.25, -0.2) is 0 Å². The Balaban J connectivity index is 1.62. The van der Waals surface area contributed by atoms with Crippen LogP contribution in [0.25, 0.3) is 0 Å². The van der Waals surface area contributed by atoms with E-state index >= 15 is 0 Å². The molecule has 0 bridgehead atoms. The third kappa shape index (κ3) is 4.63. The van der Waals surface area contributed by atoms with Crippen LogP contribution >= 0.6 is 23.4 Å². The van der Waals surface area contributed by atoms with Crippen LogP contribution in [-0.4, -0.2) is 17.6 Å². The van der Waals surface area contributed by atoms with Gasteiger partial charge in [-0.05, 0) is 47.9 Å². The van der Waals surface area contributed by atoms with Crippen molar-refractivity contribution in [2.45, 2.75) is 25.1 Å². The average Bonchev–Trinajstić information content (AvgIpc) is 3.16. The number of carbonyl (C=O) groups excluding carboxylic acids is 2. The Labute approximate surface area is 191 Å². The van der Waals surface area contributed by atoms with Gasteiger partial charge in [0, 0.05) is 11.4 Å². The van der Waals surface area contributed by atoms with Gasteiger partial charge in [-0.15, -0.1) is 11.8 Å². The predicted octanol–water partition coefficient (Wildman–Crippen LogP) is 6.32. The third-order valence-corrected chi connectivity index (χ3v) is 6.73. The zero-order valence-corrected chi connectivity index (χ0v) is 18.7. The van der Waals surface area contributed by atoms with Crippen LogP contribution in [0.5, 0.6) is 0 Å². The predicted molar refractivity (Wildman–Crippen MR) is 129 cm³/mol. The Hall–Kier alpha value is -2.76. The quantitative estimate of drug-likeness (QED) is 0.477. The standard InChI is InChI=1S/C25H23ClN2O2S/c1-2-8-17-9-3-6-14-22(17)28-23(29)16-31-25(28)18-10-7-11-19(15-18)27-24(30)20-12-4-5-13-21(20)26/h3-7,9-15,25H,2,8,16H2,1H3,(H,27,30). The highest BCUT2D eigenvalue weighted by Gasteiger charge is 2.35. The number of nitrogens with zero attached hydrogens (tertiary/aromatic N) is 1. The van der Waals surface area contributed by atoms with Crippen molar-refractivity contribution in [2.75, 3.05) is 16.0 Å². The molecule has 1 aliphatic rings. The van der Waals surface area contributed by atoms with Gasteiger partial charge in [0.25, 0.3) is 5.91 Å². The summed E-state index contributed by atoms with van der Waals surface area (Å²) in [4.78, 5) is 27.4. The number of aryl methyl sites for hydroxylation is 1. The Bertz CT molecular complexity index is 1120. The van der Waals surface area contributed by atoms with E-state index in [2.05, 4.69) is 18.3 Å². The summed E-state index contributed by atoms with van der Waals surface area (Å²) in [6.45, 7) is 2.14. The molecule has 4 nitrogen and oxygen atoms in total. The number of anilines is 2. The molecule has 6 heteroatoms. The maximum atomic E-state index is 12.8. The highest BCUT2D eigenvalue weighted by molar-refractivity contribution is 8.00. The highest BCUT2D eigenvalue weighted by Crippen LogP contribution is 2.43. The van der Waals surface area contributed by atoms with Crippen molar-refractivity contribution in [3.63, 3.8) is 0 Å².